The third-order valence-corrected chi connectivity index (χ3v) is 4.22. The van der Waals surface area contributed by atoms with E-state index in [1.54, 1.807) is 0 Å². The number of thiophene rings is 1. The first-order valence-corrected chi connectivity index (χ1v) is 8.11. The molecule has 0 fully saturated rings. The Labute approximate surface area is 128 Å². The number of nitrogens with one attached hydrogen (secondary N) is 2. The predicted molar refractivity (Wildman–Crippen MR) is 81.5 cm³/mol. The minimum Gasteiger partial charge on any atom is -0.348 e. The van der Waals surface area contributed by atoms with Crippen LogP contribution in [0.2, 0.25) is 0 Å². The van der Waals surface area contributed by atoms with Crippen LogP contribution in [0.1, 0.15) is 31.0 Å². The molecule has 0 aliphatic rings. The highest BCUT2D eigenvalue weighted by atomic mass is 32.1. The van der Waals surface area contributed by atoms with Gasteiger partial charge in [0, 0.05) is 13.0 Å². The lowest BCUT2D eigenvalue weighted by molar-refractivity contribution is -0.896. The van der Waals surface area contributed by atoms with E-state index in [4.69, 9.17) is 4.52 Å². The van der Waals surface area contributed by atoms with Crippen molar-refractivity contribution in [3.8, 4) is 10.7 Å². The van der Waals surface area contributed by atoms with Crippen molar-refractivity contribution in [1.82, 2.24) is 15.5 Å². The Morgan fingerprint density at radius 3 is 2.90 bits per heavy atom. The smallest absolute Gasteiger partial charge is 0.316 e. The Morgan fingerprint density at radius 1 is 1.43 bits per heavy atom. The molecule has 0 aliphatic carbocycles. The van der Waals surface area contributed by atoms with Gasteiger partial charge in [-0.15, -0.1) is 11.3 Å². The third-order valence-electron chi connectivity index (χ3n) is 3.35. The number of hydrogen-bond acceptors (Lipinski definition) is 5. The van der Waals surface area contributed by atoms with Gasteiger partial charge in [-0.25, -0.2) is 0 Å². The first kappa shape index (κ1) is 15.7. The lowest BCUT2D eigenvalue weighted by atomic mass is 10.3. The molecule has 2 aromatic heterocycles. The number of hydrogen-bond donors (Lipinski definition) is 2. The van der Waals surface area contributed by atoms with Crippen molar-refractivity contribution >= 4 is 17.2 Å². The van der Waals surface area contributed by atoms with E-state index in [1.807, 2.05) is 17.5 Å². The van der Waals surface area contributed by atoms with Crippen LogP contribution in [0, 0.1) is 0 Å². The van der Waals surface area contributed by atoms with Crippen molar-refractivity contribution in [1.29, 1.82) is 0 Å². The highest BCUT2D eigenvalue weighted by molar-refractivity contribution is 7.13. The number of quaternary nitrogens is 1. The molecule has 21 heavy (non-hydrogen) atoms. The molecule has 2 N–H and O–H groups in total. The van der Waals surface area contributed by atoms with E-state index in [0.29, 0.717) is 12.4 Å². The highest BCUT2D eigenvalue weighted by Gasteiger charge is 2.16. The van der Waals surface area contributed by atoms with E-state index in [2.05, 4.69) is 29.3 Å². The Bertz CT molecular complexity index is 549. The minimum atomic E-state index is -0.306. The summed E-state index contributed by atoms with van der Waals surface area (Å²) in [6.45, 7) is 8.23. The summed E-state index contributed by atoms with van der Waals surface area (Å²) in [6.07, 6.45) is 0.939. The summed E-state index contributed by atoms with van der Waals surface area (Å²) in [5, 5.41) is 8.57. The van der Waals surface area contributed by atoms with Crippen LogP contribution in [-0.4, -0.2) is 42.2 Å². The van der Waals surface area contributed by atoms with Gasteiger partial charge in [0.1, 0.15) is 0 Å². The van der Waals surface area contributed by atoms with Gasteiger partial charge in [-0.05, 0) is 25.3 Å². The molecule has 1 amide bonds. The van der Waals surface area contributed by atoms with Crippen LogP contribution in [-0.2, 0) is 0 Å². The molecule has 7 heteroatoms. The second kappa shape index (κ2) is 7.90. The summed E-state index contributed by atoms with van der Waals surface area (Å²) in [4.78, 5) is 18.4. The van der Waals surface area contributed by atoms with E-state index in [1.165, 1.54) is 16.2 Å². The van der Waals surface area contributed by atoms with E-state index in [0.717, 1.165) is 30.9 Å². The summed E-state index contributed by atoms with van der Waals surface area (Å²) < 4.78 is 5.00. The Kier molecular flexibility index (Phi) is 5.89. The number of amides is 1. The second-order valence-electron chi connectivity index (χ2n) is 4.72. The van der Waals surface area contributed by atoms with Crippen molar-refractivity contribution in [2.75, 3.05) is 26.2 Å². The minimum absolute atomic E-state index is 0.0218. The zero-order chi connectivity index (χ0) is 15.1. The van der Waals surface area contributed by atoms with Gasteiger partial charge in [0.15, 0.2) is 0 Å². The van der Waals surface area contributed by atoms with Crippen LogP contribution < -0.4 is 10.2 Å². The van der Waals surface area contributed by atoms with Gasteiger partial charge < -0.3 is 14.7 Å². The summed E-state index contributed by atoms with van der Waals surface area (Å²) in [6, 6.07) is 3.80. The quantitative estimate of drug-likeness (QED) is 0.709. The average molecular weight is 309 g/mol. The molecule has 0 atom stereocenters. The molecule has 2 heterocycles. The lowest BCUT2D eigenvalue weighted by Crippen LogP contribution is -3.11. The van der Waals surface area contributed by atoms with Gasteiger partial charge in [-0.2, -0.15) is 4.98 Å². The molecule has 2 rings (SSSR count). The van der Waals surface area contributed by atoms with Gasteiger partial charge in [-0.3, -0.25) is 4.79 Å². The van der Waals surface area contributed by atoms with Gasteiger partial charge in [0.25, 0.3) is 0 Å². The zero-order valence-electron chi connectivity index (χ0n) is 12.4. The maximum atomic E-state index is 11.9. The van der Waals surface area contributed by atoms with Crippen molar-refractivity contribution in [2.45, 2.75) is 20.3 Å². The molecule has 6 nitrogen and oxygen atoms in total. The first-order valence-electron chi connectivity index (χ1n) is 7.24. The van der Waals surface area contributed by atoms with Crippen molar-refractivity contribution in [3.63, 3.8) is 0 Å². The van der Waals surface area contributed by atoms with Crippen LogP contribution in [0.3, 0.4) is 0 Å². The molecule has 114 valence electrons. The summed E-state index contributed by atoms with van der Waals surface area (Å²) in [7, 11) is 0. The van der Waals surface area contributed by atoms with Crippen molar-refractivity contribution in [3.05, 3.63) is 23.4 Å². The normalized spacial score (nSPS) is 11.0. The van der Waals surface area contributed by atoms with Crippen LogP contribution in [0.5, 0.6) is 0 Å². The molecule has 0 unspecified atom stereocenters. The summed E-state index contributed by atoms with van der Waals surface area (Å²) in [5.41, 5.74) is 0. The predicted octanol–water partition coefficient (Wildman–Crippen LogP) is 0.843. The van der Waals surface area contributed by atoms with E-state index >= 15 is 0 Å². The fourth-order valence-electron chi connectivity index (χ4n) is 2.04. The van der Waals surface area contributed by atoms with Crippen LogP contribution in [0.25, 0.3) is 10.7 Å². The lowest BCUT2D eigenvalue weighted by Gasteiger charge is -2.14. The third kappa shape index (κ3) is 4.37. The van der Waals surface area contributed by atoms with E-state index in [9.17, 15) is 4.79 Å². The Morgan fingerprint density at radius 2 is 2.24 bits per heavy atom. The van der Waals surface area contributed by atoms with Gasteiger partial charge in [0.2, 0.25) is 5.82 Å². The average Bonchev–Trinajstić information content (AvgIpc) is 3.17. The number of carbonyl (C=O) groups excluding carboxylic acids is 1. The van der Waals surface area contributed by atoms with E-state index < -0.39 is 0 Å². The molecular formula is C14H21N4O2S+. The fraction of sp³-hybridized carbons (Fsp3) is 0.500. The largest absolute Gasteiger partial charge is 0.348 e. The zero-order valence-corrected chi connectivity index (χ0v) is 13.2. The number of nitrogens with zero attached hydrogens (tertiary/aromatic N) is 2. The van der Waals surface area contributed by atoms with Crippen molar-refractivity contribution in [2.24, 2.45) is 0 Å². The van der Waals surface area contributed by atoms with Crippen LogP contribution >= 0.6 is 11.3 Å². The number of rotatable bonds is 8. The van der Waals surface area contributed by atoms with Crippen molar-refractivity contribution < 1.29 is 14.2 Å². The summed E-state index contributed by atoms with van der Waals surface area (Å²) >= 11 is 1.51. The Hall–Kier alpha value is -1.73. The fourth-order valence-corrected chi connectivity index (χ4v) is 2.69. The SMILES string of the molecule is CC[NH+](CC)CCCNC(=O)c1nc(-c2cccs2)no1. The molecule has 0 spiro atoms. The Balaban J connectivity index is 1.79. The first-order chi connectivity index (χ1) is 10.2. The van der Waals surface area contributed by atoms with Crippen LogP contribution in [0.4, 0.5) is 0 Å². The van der Waals surface area contributed by atoms with E-state index in [-0.39, 0.29) is 11.8 Å². The molecule has 2 aromatic rings. The molecule has 0 aromatic carbocycles. The van der Waals surface area contributed by atoms with Gasteiger partial charge in [-0.1, -0.05) is 11.2 Å². The highest BCUT2D eigenvalue weighted by Crippen LogP contribution is 2.21. The molecule has 0 aliphatic heterocycles. The molecular weight excluding hydrogens is 288 g/mol. The molecule has 0 saturated carbocycles. The maximum Gasteiger partial charge on any atom is 0.316 e. The maximum absolute atomic E-state index is 11.9. The number of aromatic nitrogens is 2. The number of carbonyl (C=O) groups is 1. The van der Waals surface area contributed by atoms with Gasteiger partial charge in [0.05, 0.1) is 24.5 Å². The molecule has 0 saturated heterocycles. The molecule has 0 bridgehead atoms. The second-order valence-corrected chi connectivity index (χ2v) is 5.66. The standard InChI is InChI=1S/C14H20N4O2S/c1-3-18(4-2)9-6-8-15-13(19)14-16-12(17-20-14)11-7-5-10-21-11/h5,7,10H,3-4,6,8-9H2,1-2H3,(H,15,19)/p+1. The summed E-state index contributed by atoms with van der Waals surface area (Å²) in [5.74, 6) is 0.177. The van der Waals surface area contributed by atoms with Gasteiger partial charge >= 0.3 is 11.8 Å². The monoisotopic (exact) mass is 309 g/mol. The van der Waals surface area contributed by atoms with Crippen LogP contribution in [0.15, 0.2) is 22.0 Å². The molecule has 0 radical (unpaired) electrons. The topological polar surface area (TPSA) is 72.5 Å².